The van der Waals surface area contributed by atoms with Crippen LogP contribution in [-0.2, 0) is 5.88 Å². The standard InChI is InChI=1S/C14H12BrClN4O/c1-8-3-4-9(15)5-10(8)20-11(6-16)19-12-13(20)17-7-18-14(12)21-2/h3-5,7H,6H2,1-2H3. The number of nitrogens with zero attached hydrogens (tertiary/aromatic N) is 4. The topological polar surface area (TPSA) is 52.8 Å². The van der Waals surface area contributed by atoms with Gasteiger partial charge in [-0.15, -0.1) is 11.6 Å². The fraction of sp³-hybridized carbons (Fsp3) is 0.214. The number of ether oxygens (including phenoxy) is 1. The molecule has 2 aromatic heterocycles. The van der Waals surface area contributed by atoms with Gasteiger partial charge in [-0.1, -0.05) is 22.0 Å². The van der Waals surface area contributed by atoms with E-state index < -0.39 is 0 Å². The van der Waals surface area contributed by atoms with Crippen molar-refractivity contribution in [1.29, 1.82) is 0 Å². The Bertz CT molecular complexity index is 818. The van der Waals surface area contributed by atoms with Crippen LogP contribution >= 0.6 is 27.5 Å². The molecule has 3 aromatic rings. The van der Waals surface area contributed by atoms with Crippen LogP contribution < -0.4 is 4.74 Å². The molecular weight excluding hydrogens is 356 g/mol. The highest BCUT2D eigenvalue weighted by molar-refractivity contribution is 9.10. The Kier molecular flexibility index (Phi) is 3.82. The van der Waals surface area contributed by atoms with Crippen LogP contribution in [0, 0.1) is 6.92 Å². The highest BCUT2D eigenvalue weighted by Crippen LogP contribution is 2.28. The summed E-state index contributed by atoms with van der Waals surface area (Å²) in [7, 11) is 1.56. The number of hydrogen-bond acceptors (Lipinski definition) is 4. The van der Waals surface area contributed by atoms with Crippen molar-refractivity contribution in [2.75, 3.05) is 7.11 Å². The van der Waals surface area contributed by atoms with Gasteiger partial charge in [0, 0.05) is 4.47 Å². The molecule has 0 amide bonds. The number of halogens is 2. The van der Waals surface area contributed by atoms with E-state index in [4.69, 9.17) is 16.3 Å². The molecule has 0 spiro atoms. The van der Waals surface area contributed by atoms with Crippen molar-refractivity contribution in [2.24, 2.45) is 0 Å². The van der Waals surface area contributed by atoms with Crippen LogP contribution in [-0.4, -0.2) is 26.6 Å². The molecule has 0 aliphatic heterocycles. The normalized spacial score (nSPS) is 11.0. The van der Waals surface area contributed by atoms with Gasteiger partial charge >= 0.3 is 0 Å². The number of benzene rings is 1. The third-order valence-electron chi connectivity index (χ3n) is 3.21. The number of rotatable bonds is 3. The van der Waals surface area contributed by atoms with Crippen molar-refractivity contribution in [1.82, 2.24) is 19.5 Å². The quantitative estimate of drug-likeness (QED) is 0.663. The van der Waals surface area contributed by atoms with Gasteiger partial charge in [0.1, 0.15) is 12.2 Å². The minimum Gasteiger partial charge on any atom is -0.479 e. The molecule has 21 heavy (non-hydrogen) atoms. The maximum Gasteiger partial charge on any atom is 0.245 e. The molecule has 1 aromatic carbocycles. The van der Waals surface area contributed by atoms with Crippen LogP contribution in [0.25, 0.3) is 16.9 Å². The van der Waals surface area contributed by atoms with Crippen LogP contribution in [0.2, 0.25) is 0 Å². The van der Waals surface area contributed by atoms with Gasteiger partial charge in [0.05, 0.1) is 18.7 Å². The van der Waals surface area contributed by atoms with Gasteiger partial charge in [0.15, 0.2) is 11.2 Å². The molecule has 0 N–H and O–H groups in total. The first-order valence-corrected chi connectivity index (χ1v) is 7.57. The first kappa shape index (κ1) is 14.3. The van der Waals surface area contributed by atoms with Crippen molar-refractivity contribution in [3.05, 3.63) is 40.4 Å². The summed E-state index contributed by atoms with van der Waals surface area (Å²) in [4.78, 5) is 12.9. The molecule has 0 aliphatic carbocycles. The summed E-state index contributed by atoms with van der Waals surface area (Å²) in [5.41, 5.74) is 3.36. The van der Waals surface area contributed by atoms with Crippen LogP contribution in [0.1, 0.15) is 11.4 Å². The summed E-state index contributed by atoms with van der Waals surface area (Å²) in [5.74, 6) is 1.41. The second kappa shape index (κ2) is 5.61. The van der Waals surface area contributed by atoms with E-state index in [0.717, 1.165) is 15.7 Å². The van der Waals surface area contributed by atoms with Gasteiger partial charge in [-0.2, -0.15) is 4.98 Å². The Hall–Kier alpha value is -1.66. The molecule has 0 radical (unpaired) electrons. The van der Waals surface area contributed by atoms with Gasteiger partial charge in [-0.3, -0.25) is 4.57 Å². The van der Waals surface area contributed by atoms with E-state index in [2.05, 4.69) is 30.9 Å². The summed E-state index contributed by atoms with van der Waals surface area (Å²) in [6.07, 6.45) is 1.46. The Morgan fingerprint density at radius 3 is 2.86 bits per heavy atom. The summed E-state index contributed by atoms with van der Waals surface area (Å²) >= 11 is 9.55. The molecule has 108 valence electrons. The molecule has 7 heteroatoms. The van der Waals surface area contributed by atoms with Crippen molar-refractivity contribution < 1.29 is 4.74 Å². The van der Waals surface area contributed by atoms with E-state index in [0.29, 0.717) is 22.9 Å². The lowest BCUT2D eigenvalue weighted by Crippen LogP contribution is -2.02. The number of fused-ring (bicyclic) bond motifs is 1. The zero-order valence-corrected chi connectivity index (χ0v) is 13.8. The Balaban J connectivity index is 2.38. The summed E-state index contributed by atoms with van der Waals surface area (Å²) in [6.45, 7) is 2.03. The van der Waals surface area contributed by atoms with E-state index in [1.165, 1.54) is 6.33 Å². The highest BCUT2D eigenvalue weighted by Gasteiger charge is 2.18. The predicted octanol–water partition coefficient (Wildman–Crippen LogP) is 3.63. The fourth-order valence-corrected chi connectivity index (χ4v) is 2.76. The summed E-state index contributed by atoms with van der Waals surface area (Å²) < 4.78 is 8.17. The van der Waals surface area contributed by atoms with Crippen LogP contribution in [0.3, 0.4) is 0 Å². The lowest BCUT2D eigenvalue weighted by atomic mass is 10.2. The molecule has 5 nitrogen and oxygen atoms in total. The third kappa shape index (κ3) is 2.38. The molecule has 0 aliphatic rings. The van der Waals surface area contributed by atoms with Gasteiger partial charge in [-0.05, 0) is 24.6 Å². The Morgan fingerprint density at radius 2 is 2.14 bits per heavy atom. The predicted molar refractivity (Wildman–Crippen MR) is 85.2 cm³/mol. The summed E-state index contributed by atoms with van der Waals surface area (Å²) in [6, 6.07) is 6.04. The maximum absolute atomic E-state index is 6.06. The molecule has 0 saturated carbocycles. The molecule has 0 fully saturated rings. The van der Waals surface area contributed by atoms with E-state index >= 15 is 0 Å². The Labute approximate surface area is 135 Å². The lowest BCUT2D eigenvalue weighted by Gasteiger charge is -2.11. The zero-order chi connectivity index (χ0) is 15.0. The van der Waals surface area contributed by atoms with E-state index in [-0.39, 0.29) is 5.88 Å². The first-order valence-electron chi connectivity index (χ1n) is 6.24. The Morgan fingerprint density at radius 1 is 1.33 bits per heavy atom. The summed E-state index contributed by atoms with van der Waals surface area (Å²) in [5, 5.41) is 0. The molecule has 0 unspecified atom stereocenters. The molecule has 2 heterocycles. The maximum atomic E-state index is 6.06. The van der Waals surface area contributed by atoms with Crippen LogP contribution in [0.15, 0.2) is 29.0 Å². The second-order valence-electron chi connectivity index (χ2n) is 4.48. The van der Waals surface area contributed by atoms with Crippen molar-refractivity contribution >= 4 is 38.7 Å². The lowest BCUT2D eigenvalue weighted by molar-refractivity contribution is 0.401. The monoisotopic (exact) mass is 366 g/mol. The minimum atomic E-state index is 0.269. The van der Waals surface area contributed by atoms with Gasteiger partial charge in [0.2, 0.25) is 5.88 Å². The molecule has 0 atom stereocenters. The molecule has 0 bridgehead atoms. The van der Waals surface area contributed by atoms with E-state index in [1.54, 1.807) is 7.11 Å². The first-order chi connectivity index (χ1) is 10.2. The van der Waals surface area contributed by atoms with Gasteiger partial charge in [-0.25, -0.2) is 9.97 Å². The average Bonchev–Trinajstić information content (AvgIpc) is 2.88. The number of aryl methyl sites for hydroxylation is 1. The zero-order valence-electron chi connectivity index (χ0n) is 11.5. The van der Waals surface area contributed by atoms with Crippen molar-refractivity contribution in [3.63, 3.8) is 0 Å². The number of hydrogen-bond donors (Lipinski definition) is 0. The largest absolute Gasteiger partial charge is 0.479 e. The molecule has 3 rings (SSSR count). The molecular formula is C14H12BrClN4O. The van der Waals surface area contributed by atoms with Crippen LogP contribution in [0.5, 0.6) is 5.88 Å². The number of methoxy groups -OCH3 is 1. The van der Waals surface area contributed by atoms with Crippen molar-refractivity contribution in [3.8, 4) is 11.6 Å². The average molecular weight is 368 g/mol. The number of aromatic nitrogens is 4. The van der Waals surface area contributed by atoms with Crippen molar-refractivity contribution in [2.45, 2.75) is 12.8 Å². The fourth-order valence-electron chi connectivity index (χ4n) is 2.23. The minimum absolute atomic E-state index is 0.269. The number of imidazole rings is 1. The van der Waals surface area contributed by atoms with E-state index in [9.17, 15) is 0 Å². The van der Waals surface area contributed by atoms with E-state index in [1.807, 2.05) is 29.7 Å². The highest BCUT2D eigenvalue weighted by atomic mass is 79.9. The second-order valence-corrected chi connectivity index (χ2v) is 5.67. The van der Waals surface area contributed by atoms with Gasteiger partial charge < -0.3 is 4.74 Å². The number of alkyl halides is 1. The molecule has 0 saturated heterocycles. The third-order valence-corrected chi connectivity index (χ3v) is 3.94. The SMILES string of the molecule is COc1ncnc2c1nc(CCl)n2-c1cc(Br)ccc1C. The van der Waals surface area contributed by atoms with Crippen LogP contribution in [0.4, 0.5) is 0 Å². The smallest absolute Gasteiger partial charge is 0.245 e. The van der Waals surface area contributed by atoms with Gasteiger partial charge in [0.25, 0.3) is 0 Å².